The Hall–Kier alpha value is -0.780. The number of hydrogen-bond acceptors (Lipinski definition) is 2. The molecule has 118 valence electrons. The van der Waals surface area contributed by atoms with Crippen molar-refractivity contribution in [3.05, 3.63) is 0 Å². The summed E-state index contributed by atoms with van der Waals surface area (Å²) in [7, 11) is 0. The van der Waals surface area contributed by atoms with Crippen molar-refractivity contribution in [2.75, 3.05) is 6.54 Å². The third kappa shape index (κ3) is 5.31. The number of rotatable bonds is 8. The molecule has 0 aliphatic carbocycles. The van der Waals surface area contributed by atoms with Gasteiger partial charge in [-0.05, 0) is 25.7 Å². The van der Waals surface area contributed by atoms with Crippen molar-refractivity contribution in [2.24, 2.45) is 0 Å². The van der Waals surface area contributed by atoms with E-state index in [0.717, 1.165) is 25.7 Å². The third-order valence-electron chi connectivity index (χ3n) is 3.69. The van der Waals surface area contributed by atoms with Crippen LogP contribution in [0.25, 0.3) is 0 Å². The molecule has 1 rings (SSSR count). The van der Waals surface area contributed by atoms with Gasteiger partial charge >= 0.3 is 6.18 Å². The fraction of sp³-hybridized carbons (Fsp3) is 0.929. The second kappa shape index (κ2) is 7.86. The van der Waals surface area contributed by atoms with Gasteiger partial charge in [-0.2, -0.15) is 13.2 Å². The molecule has 3 nitrogen and oxygen atoms in total. The van der Waals surface area contributed by atoms with Crippen LogP contribution in [0.1, 0.15) is 58.8 Å². The summed E-state index contributed by atoms with van der Waals surface area (Å²) in [5.74, 6) is 0.0531. The summed E-state index contributed by atoms with van der Waals surface area (Å²) in [5.41, 5.74) is 0. The maximum atomic E-state index is 12.2. The fourth-order valence-corrected chi connectivity index (χ4v) is 2.57. The zero-order chi connectivity index (χ0) is 15.2. The summed E-state index contributed by atoms with van der Waals surface area (Å²) in [6.07, 6.45) is -0.767. The maximum Gasteiger partial charge on any atom is 0.389 e. The number of unbranched alkanes of at least 4 members (excludes halogenated alkanes) is 2. The van der Waals surface area contributed by atoms with Gasteiger partial charge in [-0.1, -0.05) is 26.7 Å². The Morgan fingerprint density at radius 2 is 1.90 bits per heavy atom. The van der Waals surface area contributed by atoms with Gasteiger partial charge < -0.3 is 4.90 Å². The van der Waals surface area contributed by atoms with Gasteiger partial charge in [0.15, 0.2) is 0 Å². The van der Waals surface area contributed by atoms with Crippen LogP contribution in [0.15, 0.2) is 0 Å². The monoisotopic (exact) mass is 294 g/mol. The van der Waals surface area contributed by atoms with Crippen LogP contribution in [-0.2, 0) is 4.79 Å². The molecule has 0 aromatic rings. The number of alkyl halides is 3. The number of carbonyl (C=O) groups is 1. The molecular formula is C14H25F3N2O. The Balaban J connectivity index is 2.40. The molecule has 0 spiro atoms. The lowest BCUT2D eigenvalue weighted by Gasteiger charge is -2.23. The minimum absolute atomic E-state index is 0.0183. The SMILES string of the molecule is CCCCC1NC(CC)N(CCCCC(F)(F)F)C1=O. The van der Waals surface area contributed by atoms with Gasteiger partial charge in [-0.3, -0.25) is 10.1 Å². The summed E-state index contributed by atoms with van der Waals surface area (Å²) >= 11 is 0. The van der Waals surface area contributed by atoms with Crippen LogP contribution in [0.5, 0.6) is 0 Å². The molecule has 2 atom stereocenters. The van der Waals surface area contributed by atoms with Crippen LogP contribution in [0.2, 0.25) is 0 Å². The smallest absolute Gasteiger partial charge is 0.326 e. The molecule has 1 aliphatic rings. The van der Waals surface area contributed by atoms with Crippen molar-refractivity contribution >= 4 is 5.91 Å². The first-order valence-corrected chi connectivity index (χ1v) is 7.52. The van der Waals surface area contributed by atoms with E-state index in [1.165, 1.54) is 0 Å². The Bertz CT molecular complexity index is 307. The average Bonchev–Trinajstić information content (AvgIpc) is 2.67. The molecule has 0 bridgehead atoms. The topological polar surface area (TPSA) is 32.3 Å². The highest BCUT2D eigenvalue weighted by molar-refractivity contribution is 5.84. The summed E-state index contributed by atoms with van der Waals surface area (Å²) in [6, 6.07) is -0.150. The average molecular weight is 294 g/mol. The molecule has 1 saturated heterocycles. The van der Waals surface area contributed by atoms with Crippen molar-refractivity contribution in [3.63, 3.8) is 0 Å². The first-order chi connectivity index (χ1) is 9.39. The third-order valence-corrected chi connectivity index (χ3v) is 3.69. The zero-order valence-electron chi connectivity index (χ0n) is 12.3. The number of amides is 1. The van der Waals surface area contributed by atoms with E-state index in [2.05, 4.69) is 12.2 Å². The molecule has 20 heavy (non-hydrogen) atoms. The molecule has 1 heterocycles. The van der Waals surface area contributed by atoms with Crippen LogP contribution >= 0.6 is 0 Å². The van der Waals surface area contributed by atoms with Crippen LogP contribution in [-0.4, -0.2) is 35.7 Å². The van der Waals surface area contributed by atoms with E-state index in [9.17, 15) is 18.0 Å². The lowest BCUT2D eigenvalue weighted by molar-refractivity contribution is -0.136. The second-order valence-corrected chi connectivity index (χ2v) is 5.39. The van der Waals surface area contributed by atoms with Gasteiger partial charge in [0.2, 0.25) is 5.91 Å². The predicted octanol–water partition coefficient (Wildman–Crippen LogP) is 3.45. The summed E-state index contributed by atoms with van der Waals surface area (Å²) in [6.45, 7) is 4.48. The molecule has 1 amide bonds. The number of hydrogen-bond donors (Lipinski definition) is 1. The zero-order valence-corrected chi connectivity index (χ0v) is 12.3. The van der Waals surface area contributed by atoms with Gasteiger partial charge in [-0.25, -0.2) is 0 Å². The van der Waals surface area contributed by atoms with E-state index >= 15 is 0 Å². The van der Waals surface area contributed by atoms with Gasteiger partial charge in [-0.15, -0.1) is 0 Å². The molecule has 0 radical (unpaired) electrons. The van der Waals surface area contributed by atoms with Gasteiger partial charge in [0, 0.05) is 13.0 Å². The van der Waals surface area contributed by atoms with Crippen molar-refractivity contribution in [3.8, 4) is 0 Å². The number of nitrogens with one attached hydrogen (secondary N) is 1. The molecule has 2 unspecified atom stereocenters. The van der Waals surface area contributed by atoms with Gasteiger partial charge in [0.1, 0.15) is 0 Å². The van der Waals surface area contributed by atoms with Crippen LogP contribution in [0, 0.1) is 0 Å². The van der Waals surface area contributed by atoms with Crippen LogP contribution < -0.4 is 5.32 Å². The lowest BCUT2D eigenvalue weighted by Crippen LogP contribution is -2.37. The summed E-state index contributed by atoms with van der Waals surface area (Å²) in [5, 5.41) is 3.29. The van der Waals surface area contributed by atoms with E-state index in [1.807, 2.05) is 6.92 Å². The number of carbonyl (C=O) groups excluding carboxylic acids is 1. The second-order valence-electron chi connectivity index (χ2n) is 5.39. The lowest BCUT2D eigenvalue weighted by atomic mass is 10.1. The van der Waals surface area contributed by atoms with E-state index in [1.54, 1.807) is 4.90 Å². The number of nitrogens with zero attached hydrogens (tertiary/aromatic N) is 1. The van der Waals surface area contributed by atoms with E-state index in [4.69, 9.17) is 0 Å². The highest BCUT2D eigenvalue weighted by Crippen LogP contribution is 2.23. The first-order valence-electron chi connectivity index (χ1n) is 7.52. The Kier molecular flexibility index (Phi) is 6.79. The highest BCUT2D eigenvalue weighted by Gasteiger charge is 2.36. The molecule has 0 saturated carbocycles. The van der Waals surface area contributed by atoms with Gasteiger partial charge in [0.25, 0.3) is 0 Å². The molecule has 1 fully saturated rings. The summed E-state index contributed by atoms with van der Waals surface area (Å²) in [4.78, 5) is 13.9. The molecule has 6 heteroatoms. The quantitative estimate of drug-likeness (QED) is 0.695. The standard InChI is InChI=1S/C14H25F3N2O/c1-3-5-8-11-13(20)19(12(4-2)18-11)10-7-6-9-14(15,16)17/h11-12,18H,3-10H2,1-2H3. The largest absolute Gasteiger partial charge is 0.389 e. The van der Waals surface area contributed by atoms with Crippen LogP contribution in [0.4, 0.5) is 13.2 Å². The molecule has 0 aromatic carbocycles. The van der Waals surface area contributed by atoms with Crippen molar-refractivity contribution < 1.29 is 18.0 Å². The van der Waals surface area contributed by atoms with E-state index in [0.29, 0.717) is 13.0 Å². The molecular weight excluding hydrogens is 269 g/mol. The Morgan fingerprint density at radius 3 is 2.45 bits per heavy atom. The van der Waals surface area contributed by atoms with Crippen molar-refractivity contribution in [1.82, 2.24) is 10.2 Å². The first kappa shape index (κ1) is 17.3. The molecule has 1 aliphatic heterocycles. The normalized spacial score (nSPS) is 23.6. The minimum atomic E-state index is -4.10. The molecule has 0 aromatic heterocycles. The fourth-order valence-electron chi connectivity index (χ4n) is 2.57. The predicted molar refractivity (Wildman–Crippen MR) is 72.1 cm³/mol. The Morgan fingerprint density at radius 1 is 1.20 bits per heavy atom. The summed E-state index contributed by atoms with van der Waals surface area (Å²) < 4.78 is 36.3. The van der Waals surface area contributed by atoms with Gasteiger partial charge in [0.05, 0.1) is 12.2 Å². The van der Waals surface area contributed by atoms with E-state index in [-0.39, 0.29) is 24.5 Å². The van der Waals surface area contributed by atoms with Crippen molar-refractivity contribution in [2.45, 2.75) is 77.2 Å². The Labute approximate surface area is 118 Å². The minimum Gasteiger partial charge on any atom is -0.326 e. The number of halogens is 3. The maximum absolute atomic E-state index is 12.2. The van der Waals surface area contributed by atoms with E-state index < -0.39 is 12.6 Å². The van der Waals surface area contributed by atoms with Crippen molar-refractivity contribution in [1.29, 1.82) is 0 Å². The van der Waals surface area contributed by atoms with Crippen LogP contribution in [0.3, 0.4) is 0 Å². The highest BCUT2D eigenvalue weighted by atomic mass is 19.4. The molecule has 1 N–H and O–H groups in total.